The lowest BCUT2D eigenvalue weighted by Crippen LogP contribution is -2.28. The summed E-state index contributed by atoms with van der Waals surface area (Å²) in [6.07, 6.45) is -2.10. The van der Waals surface area contributed by atoms with Gasteiger partial charge >= 0.3 is 18.2 Å². The first-order chi connectivity index (χ1) is 19.3. The van der Waals surface area contributed by atoms with Gasteiger partial charge in [-0.2, -0.15) is 13.2 Å². The van der Waals surface area contributed by atoms with Gasteiger partial charge in [0.25, 0.3) is 0 Å². The second-order valence-electron chi connectivity index (χ2n) is 8.76. The zero-order valence-electron chi connectivity index (χ0n) is 22.6. The Bertz CT molecular complexity index is 1470. The quantitative estimate of drug-likeness (QED) is 0.0808. The molecule has 0 aliphatic rings. The fraction of sp³-hybridized carbons (Fsp3) is 0.296. The highest BCUT2D eigenvalue weighted by atomic mass is 32.1. The summed E-state index contributed by atoms with van der Waals surface area (Å²) in [5.74, 6) is -2.75. The Morgan fingerprint density at radius 3 is 2.46 bits per heavy atom. The number of esters is 1. The maximum Gasteiger partial charge on any atom is 0.434 e. The molecule has 2 N–H and O–H groups in total. The molecule has 0 radical (unpaired) electrons. The van der Waals surface area contributed by atoms with Crippen LogP contribution in [0.25, 0.3) is 21.7 Å². The standard InChI is InChI=1S/C27H27F4N5O4S/c1-5-32-26(39)35-22-12-17(24-34-21(14-41-24)27(29,30)31)19(13-33-22)15-7-8-20(28)18(11-15)23(37)16(9-10-36(3)4)25(38)40-6-2/h7-9,11-14H,5-6,10H2,1-4H3,(H2,32,33,35,39)/b16-9-. The Morgan fingerprint density at radius 2 is 1.85 bits per heavy atom. The van der Waals surface area contributed by atoms with E-state index in [9.17, 15) is 31.9 Å². The van der Waals surface area contributed by atoms with Gasteiger partial charge in [0, 0.05) is 35.8 Å². The van der Waals surface area contributed by atoms with Crippen molar-refractivity contribution in [3.8, 4) is 21.7 Å². The average Bonchev–Trinajstić information content (AvgIpc) is 3.40. The van der Waals surface area contributed by atoms with E-state index in [0.29, 0.717) is 17.9 Å². The van der Waals surface area contributed by atoms with Gasteiger partial charge in [-0.15, -0.1) is 11.3 Å². The van der Waals surface area contributed by atoms with Crippen molar-refractivity contribution in [2.45, 2.75) is 20.0 Å². The number of urea groups is 1. The van der Waals surface area contributed by atoms with Crippen molar-refractivity contribution in [3.63, 3.8) is 0 Å². The maximum atomic E-state index is 15.0. The van der Waals surface area contributed by atoms with Crippen LogP contribution in [0.4, 0.5) is 28.2 Å². The number of ketones is 1. The molecular weight excluding hydrogens is 566 g/mol. The van der Waals surface area contributed by atoms with E-state index < -0.39 is 41.0 Å². The van der Waals surface area contributed by atoms with Crippen molar-refractivity contribution in [1.29, 1.82) is 0 Å². The van der Waals surface area contributed by atoms with Crippen LogP contribution in [0, 0.1) is 5.82 Å². The minimum atomic E-state index is -4.69. The predicted octanol–water partition coefficient (Wildman–Crippen LogP) is 5.41. The number of amides is 2. The first kappa shape index (κ1) is 31.4. The molecular formula is C27H27F4N5O4S. The maximum absolute atomic E-state index is 15.0. The van der Waals surface area contributed by atoms with Gasteiger partial charge in [-0.3, -0.25) is 10.1 Å². The normalized spacial score (nSPS) is 11.9. The fourth-order valence-corrected chi connectivity index (χ4v) is 4.40. The Kier molecular flexibility index (Phi) is 10.3. The van der Waals surface area contributed by atoms with Crippen LogP contribution in [0.5, 0.6) is 0 Å². The highest BCUT2D eigenvalue weighted by Gasteiger charge is 2.34. The largest absolute Gasteiger partial charge is 0.462 e. The van der Waals surface area contributed by atoms with E-state index in [2.05, 4.69) is 20.6 Å². The highest BCUT2D eigenvalue weighted by molar-refractivity contribution is 7.13. The third-order valence-corrected chi connectivity index (χ3v) is 6.31. The molecule has 2 aromatic heterocycles. The number of thiazole rings is 1. The van der Waals surface area contributed by atoms with Crippen molar-refractivity contribution in [1.82, 2.24) is 20.2 Å². The van der Waals surface area contributed by atoms with Crippen LogP contribution in [0.1, 0.15) is 29.9 Å². The number of carbonyl (C=O) groups is 3. The number of anilines is 1. The minimum absolute atomic E-state index is 0.00659. The van der Waals surface area contributed by atoms with Crippen molar-refractivity contribution < 1.29 is 36.7 Å². The second-order valence-corrected chi connectivity index (χ2v) is 9.62. The topological polar surface area (TPSA) is 114 Å². The molecule has 2 amide bonds. The molecule has 41 heavy (non-hydrogen) atoms. The summed E-state index contributed by atoms with van der Waals surface area (Å²) in [7, 11) is 3.43. The molecule has 2 heterocycles. The van der Waals surface area contributed by atoms with Crippen LogP contribution < -0.4 is 10.6 Å². The van der Waals surface area contributed by atoms with Crippen molar-refractivity contribution in [3.05, 3.63) is 64.6 Å². The SMILES string of the molecule is CCNC(=O)Nc1cc(-c2nc(C(F)(F)F)cs2)c(-c2ccc(F)c(C(=O)/C(=C/CN(C)C)C(=O)OCC)c2)cn1. The molecule has 0 spiro atoms. The summed E-state index contributed by atoms with van der Waals surface area (Å²) in [6, 6.07) is 4.24. The average molecular weight is 594 g/mol. The molecule has 0 atom stereocenters. The number of benzene rings is 1. The summed E-state index contributed by atoms with van der Waals surface area (Å²) in [5.41, 5.74) is -1.37. The molecule has 0 saturated heterocycles. The van der Waals surface area contributed by atoms with Crippen LogP contribution in [-0.4, -0.2) is 66.4 Å². The number of carbonyl (C=O) groups excluding carboxylic acids is 3. The van der Waals surface area contributed by atoms with Gasteiger partial charge in [0.05, 0.1) is 12.2 Å². The Balaban J connectivity index is 2.15. The van der Waals surface area contributed by atoms with Gasteiger partial charge in [0.15, 0.2) is 5.69 Å². The molecule has 0 unspecified atom stereocenters. The number of halogens is 4. The monoisotopic (exact) mass is 593 g/mol. The van der Waals surface area contributed by atoms with E-state index in [-0.39, 0.29) is 46.2 Å². The van der Waals surface area contributed by atoms with Crippen LogP contribution in [0.3, 0.4) is 0 Å². The number of alkyl halides is 3. The molecule has 0 saturated carbocycles. The lowest BCUT2D eigenvalue weighted by Gasteiger charge is -2.13. The van der Waals surface area contributed by atoms with Gasteiger partial charge < -0.3 is 15.0 Å². The number of likely N-dealkylation sites (N-methyl/N-ethyl adjacent to an activating group) is 1. The van der Waals surface area contributed by atoms with Crippen LogP contribution in [-0.2, 0) is 15.7 Å². The van der Waals surface area contributed by atoms with Crippen molar-refractivity contribution in [2.75, 3.05) is 39.1 Å². The number of hydrogen-bond acceptors (Lipinski definition) is 8. The highest BCUT2D eigenvalue weighted by Crippen LogP contribution is 2.39. The van der Waals surface area contributed by atoms with Gasteiger partial charge in [-0.25, -0.2) is 23.9 Å². The van der Waals surface area contributed by atoms with Crippen LogP contribution in [0.15, 0.2) is 47.5 Å². The lowest BCUT2D eigenvalue weighted by molar-refractivity contribution is -0.140. The zero-order valence-corrected chi connectivity index (χ0v) is 23.4. The lowest BCUT2D eigenvalue weighted by atomic mass is 9.96. The molecule has 14 heteroatoms. The zero-order chi connectivity index (χ0) is 30.3. The predicted molar refractivity (Wildman–Crippen MR) is 146 cm³/mol. The molecule has 0 bridgehead atoms. The number of pyridine rings is 1. The molecule has 0 aliphatic carbocycles. The van der Waals surface area contributed by atoms with Crippen molar-refractivity contribution >= 4 is 34.9 Å². The van der Waals surface area contributed by atoms with Gasteiger partial charge in [-0.1, -0.05) is 12.1 Å². The minimum Gasteiger partial charge on any atom is -0.462 e. The van der Waals surface area contributed by atoms with Gasteiger partial charge in [0.1, 0.15) is 22.2 Å². The number of aromatic nitrogens is 2. The van der Waals surface area contributed by atoms with E-state index >= 15 is 0 Å². The smallest absolute Gasteiger partial charge is 0.434 e. The Labute approximate surface area is 237 Å². The third kappa shape index (κ3) is 7.95. The Morgan fingerprint density at radius 1 is 1.12 bits per heavy atom. The number of nitrogens with zero attached hydrogens (tertiary/aromatic N) is 3. The fourth-order valence-electron chi connectivity index (χ4n) is 3.54. The molecule has 218 valence electrons. The molecule has 3 rings (SSSR count). The summed E-state index contributed by atoms with van der Waals surface area (Å²) in [6.45, 7) is 3.77. The molecule has 0 aliphatic heterocycles. The molecule has 9 nitrogen and oxygen atoms in total. The van der Waals surface area contributed by atoms with E-state index in [4.69, 9.17) is 4.74 Å². The van der Waals surface area contributed by atoms with Crippen LogP contribution >= 0.6 is 11.3 Å². The third-order valence-electron chi connectivity index (χ3n) is 5.43. The van der Waals surface area contributed by atoms with E-state index in [1.807, 2.05) is 0 Å². The number of nitrogens with one attached hydrogen (secondary N) is 2. The second kappa shape index (κ2) is 13.5. The van der Waals surface area contributed by atoms with E-state index in [1.165, 1.54) is 30.5 Å². The molecule has 1 aromatic carbocycles. The van der Waals surface area contributed by atoms with Crippen molar-refractivity contribution in [2.24, 2.45) is 0 Å². The first-order valence-electron chi connectivity index (χ1n) is 12.3. The number of ether oxygens (including phenoxy) is 1. The first-order valence-corrected chi connectivity index (χ1v) is 13.2. The Hall–Kier alpha value is -4.17. The number of rotatable bonds is 10. The summed E-state index contributed by atoms with van der Waals surface area (Å²) in [4.78, 5) is 47.5. The summed E-state index contributed by atoms with van der Waals surface area (Å²) in [5, 5.41) is 5.80. The summed E-state index contributed by atoms with van der Waals surface area (Å²) < 4.78 is 59.9. The molecule has 0 fully saturated rings. The van der Waals surface area contributed by atoms with E-state index in [1.54, 1.807) is 32.8 Å². The number of Topliss-reactive ketones (excluding diaryl/α,β-unsaturated/α-hetero) is 1. The molecule has 3 aromatic rings. The van der Waals surface area contributed by atoms with E-state index in [0.717, 1.165) is 11.4 Å². The van der Waals surface area contributed by atoms with Crippen LogP contribution in [0.2, 0.25) is 0 Å². The summed E-state index contributed by atoms with van der Waals surface area (Å²) >= 11 is 0.710. The van der Waals surface area contributed by atoms with Gasteiger partial charge in [-0.05, 0) is 51.7 Å². The number of hydrogen-bond donors (Lipinski definition) is 2. The van der Waals surface area contributed by atoms with Gasteiger partial charge in [0.2, 0.25) is 5.78 Å².